The number of nitrogens with zero attached hydrogens (tertiary/aromatic N) is 3. The highest BCUT2D eigenvalue weighted by atomic mass is 15.4. The van der Waals surface area contributed by atoms with E-state index in [0.717, 1.165) is 23.7 Å². The molecule has 0 aliphatic heterocycles. The number of aromatic nitrogens is 2. The van der Waals surface area contributed by atoms with Gasteiger partial charge in [0.1, 0.15) is 5.82 Å². The standard InChI is InChI=1S/C14H20N4/c1-10-5-7-12(8-6-10)9-17(3)14-13(15)11(2)16-18(14)4/h5-8H,9,15H2,1-4H3. The van der Waals surface area contributed by atoms with Crippen LogP contribution in [0, 0.1) is 13.8 Å². The van der Waals surface area contributed by atoms with Crippen LogP contribution in [0.3, 0.4) is 0 Å². The van der Waals surface area contributed by atoms with Gasteiger partial charge in [-0.1, -0.05) is 29.8 Å². The number of hydrogen-bond donors (Lipinski definition) is 1. The Morgan fingerprint density at radius 3 is 2.33 bits per heavy atom. The Balaban J connectivity index is 2.21. The largest absolute Gasteiger partial charge is 0.394 e. The lowest BCUT2D eigenvalue weighted by Crippen LogP contribution is -2.20. The first-order chi connectivity index (χ1) is 8.49. The molecule has 4 nitrogen and oxygen atoms in total. The van der Waals surface area contributed by atoms with Gasteiger partial charge in [0.15, 0.2) is 0 Å². The number of benzene rings is 1. The number of rotatable bonds is 3. The lowest BCUT2D eigenvalue weighted by molar-refractivity contribution is 0.727. The van der Waals surface area contributed by atoms with Gasteiger partial charge >= 0.3 is 0 Å². The molecule has 1 heterocycles. The van der Waals surface area contributed by atoms with Gasteiger partial charge in [-0.05, 0) is 19.4 Å². The first kappa shape index (κ1) is 12.5. The van der Waals surface area contributed by atoms with Crippen molar-refractivity contribution in [2.75, 3.05) is 17.7 Å². The van der Waals surface area contributed by atoms with Gasteiger partial charge in [0.2, 0.25) is 0 Å². The molecule has 2 aromatic rings. The molecule has 0 atom stereocenters. The molecule has 1 aromatic carbocycles. The Hall–Kier alpha value is -1.97. The average molecular weight is 244 g/mol. The predicted octanol–water partition coefficient (Wildman–Crippen LogP) is 2.26. The highest BCUT2D eigenvalue weighted by Gasteiger charge is 2.14. The summed E-state index contributed by atoms with van der Waals surface area (Å²) in [6.45, 7) is 4.85. The maximum absolute atomic E-state index is 6.06. The van der Waals surface area contributed by atoms with Gasteiger partial charge in [-0.25, -0.2) is 0 Å². The summed E-state index contributed by atoms with van der Waals surface area (Å²) in [6.07, 6.45) is 0. The molecule has 0 saturated heterocycles. The van der Waals surface area contributed by atoms with Crippen LogP contribution in [0.5, 0.6) is 0 Å². The number of anilines is 2. The molecule has 0 unspecified atom stereocenters. The second-order valence-corrected chi connectivity index (χ2v) is 4.79. The van der Waals surface area contributed by atoms with Crippen molar-refractivity contribution >= 4 is 11.5 Å². The SMILES string of the molecule is Cc1ccc(CN(C)c2c(N)c(C)nn2C)cc1. The van der Waals surface area contributed by atoms with E-state index in [4.69, 9.17) is 5.73 Å². The molecule has 0 spiro atoms. The molecule has 96 valence electrons. The summed E-state index contributed by atoms with van der Waals surface area (Å²) < 4.78 is 1.83. The first-order valence-electron chi connectivity index (χ1n) is 6.05. The van der Waals surface area contributed by atoms with Crippen molar-refractivity contribution in [1.82, 2.24) is 9.78 Å². The lowest BCUT2D eigenvalue weighted by atomic mass is 10.1. The third-order valence-electron chi connectivity index (χ3n) is 3.14. The zero-order valence-electron chi connectivity index (χ0n) is 11.4. The summed E-state index contributed by atoms with van der Waals surface area (Å²) in [5, 5.41) is 4.34. The second kappa shape index (κ2) is 4.72. The zero-order chi connectivity index (χ0) is 13.3. The molecular formula is C14H20N4. The fraction of sp³-hybridized carbons (Fsp3) is 0.357. The van der Waals surface area contributed by atoms with E-state index in [9.17, 15) is 0 Å². The molecule has 1 aromatic heterocycles. The fourth-order valence-corrected chi connectivity index (χ4v) is 2.16. The maximum atomic E-state index is 6.06. The summed E-state index contributed by atoms with van der Waals surface area (Å²) >= 11 is 0. The maximum Gasteiger partial charge on any atom is 0.150 e. The van der Waals surface area contributed by atoms with Crippen LogP contribution in [0.25, 0.3) is 0 Å². The number of nitrogens with two attached hydrogens (primary N) is 1. The topological polar surface area (TPSA) is 47.1 Å². The van der Waals surface area contributed by atoms with Gasteiger partial charge in [-0.15, -0.1) is 0 Å². The third-order valence-corrected chi connectivity index (χ3v) is 3.14. The molecule has 0 saturated carbocycles. The molecule has 0 bridgehead atoms. The summed E-state index contributed by atoms with van der Waals surface area (Å²) in [5.74, 6) is 0.966. The first-order valence-corrected chi connectivity index (χ1v) is 6.05. The summed E-state index contributed by atoms with van der Waals surface area (Å²) in [6, 6.07) is 8.54. The zero-order valence-corrected chi connectivity index (χ0v) is 11.4. The van der Waals surface area contributed by atoms with Gasteiger partial charge in [-0.2, -0.15) is 5.10 Å². The van der Waals surface area contributed by atoms with E-state index >= 15 is 0 Å². The molecule has 0 radical (unpaired) electrons. The predicted molar refractivity (Wildman–Crippen MR) is 75.6 cm³/mol. The molecule has 4 heteroatoms. The second-order valence-electron chi connectivity index (χ2n) is 4.79. The van der Waals surface area contributed by atoms with Gasteiger partial charge in [0.25, 0.3) is 0 Å². The van der Waals surface area contributed by atoms with Crippen LogP contribution in [-0.4, -0.2) is 16.8 Å². The van der Waals surface area contributed by atoms with Crippen molar-refractivity contribution in [2.24, 2.45) is 7.05 Å². The Bertz CT molecular complexity index is 540. The van der Waals surface area contributed by atoms with Crippen LogP contribution in [-0.2, 0) is 13.6 Å². The van der Waals surface area contributed by atoms with E-state index in [-0.39, 0.29) is 0 Å². The normalized spacial score (nSPS) is 10.7. The van der Waals surface area contributed by atoms with E-state index in [0.29, 0.717) is 0 Å². The van der Waals surface area contributed by atoms with Crippen LogP contribution < -0.4 is 10.6 Å². The highest BCUT2D eigenvalue weighted by molar-refractivity contribution is 5.65. The fourth-order valence-electron chi connectivity index (χ4n) is 2.16. The molecular weight excluding hydrogens is 224 g/mol. The van der Waals surface area contributed by atoms with Crippen molar-refractivity contribution in [2.45, 2.75) is 20.4 Å². The number of nitrogen functional groups attached to an aromatic ring is 1. The number of aryl methyl sites for hydroxylation is 3. The van der Waals surface area contributed by atoms with Crippen molar-refractivity contribution in [1.29, 1.82) is 0 Å². The van der Waals surface area contributed by atoms with Gasteiger partial charge < -0.3 is 10.6 Å². The summed E-state index contributed by atoms with van der Waals surface area (Å²) in [7, 11) is 3.96. The lowest BCUT2D eigenvalue weighted by Gasteiger charge is -2.20. The van der Waals surface area contributed by atoms with E-state index in [1.807, 2.05) is 25.7 Å². The third kappa shape index (κ3) is 2.32. The molecule has 0 amide bonds. The Labute approximate surface area is 108 Å². The molecule has 0 fully saturated rings. The number of hydrogen-bond acceptors (Lipinski definition) is 3. The molecule has 0 aliphatic rings. The Morgan fingerprint density at radius 2 is 1.83 bits per heavy atom. The van der Waals surface area contributed by atoms with Gasteiger partial charge in [-0.3, -0.25) is 4.68 Å². The molecule has 0 aliphatic carbocycles. The molecule has 18 heavy (non-hydrogen) atoms. The highest BCUT2D eigenvalue weighted by Crippen LogP contribution is 2.25. The van der Waals surface area contributed by atoms with Crippen LogP contribution >= 0.6 is 0 Å². The minimum atomic E-state index is 0.757. The van der Waals surface area contributed by atoms with E-state index in [1.54, 1.807) is 0 Å². The van der Waals surface area contributed by atoms with Gasteiger partial charge in [0.05, 0.1) is 11.4 Å². The van der Waals surface area contributed by atoms with Crippen molar-refractivity contribution in [3.8, 4) is 0 Å². The molecule has 2 N–H and O–H groups in total. The van der Waals surface area contributed by atoms with E-state index in [2.05, 4.69) is 41.2 Å². The Morgan fingerprint density at radius 1 is 1.22 bits per heavy atom. The van der Waals surface area contributed by atoms with Crippen LogP contribution in [0.1, 0.15) is 16.8 Å². The van der Waals surface area contributed by atoms with E-state index in [1.165, 1.54) is 11.1 Å². The minimum Gasteiger partial charge on any atom is -0.394 e. The van der Waals surface area contributed by atoms with E-state index < -0.39 is 0 Å². The van der Waals surface area contributed by atoms with Crippen molar-refractivity contribution in [3.05, 3.63) is 41.1 Å². The van der Waals surface area contributed by atoms with Crippen LogP contribution in [0.2, 0.25) is 0 Å². The van der Waals surface area contributed by atoms with Crippen molar-refractivity contribution in [3.63, 3.8) is 0 Å². The summed E-state index contributed by atoms with van der Waals surface area (Å²) in [4.78, 5) is 2.12. The quantitative estimate of drug-likeness (QED) is 0.901. The van der Waals surface area contributed by atoms with Gasteiger partial charge in [0, 0.05) is 20.6 Å². The summed E-state index contributed by atoms with van der Waals surface area (Å²) in [5.41, 5.74) is 10.2. The Kier molecular flexibility index (Phi) is 3.28. The monoisotopic (exact) mass is 244 g/mol. The van der Waals surface area contributed by atoms with Crippen LogP contribution in [0.15, 0.2) is 24.3 Å². The van der Waals surface area contributed by atoms with Crippen LogP contribution in [0.4, 0.5) is 11.5 Å². The molecule has 2 rings (SSSR count). The minimum absolute atomic E-state index is 0.757. The average Bonchev–Trinajstić information content (AvgIpc) is 2.56. The van der Waals surface area contributed by atoms with Crippen molar-refractivity contribution < 1.29 is 0 Å². The smallest absolute Gasteiger partial charge is 0.150 e.